The van der Waals surface area contributed by atoms with Gasteiger partial charge in [0, 0.05) is 50.4 Å². The molecule has 2 aliphatic carbocycles. The lowest BCUT2D eigenvalue weighted by molar-refractivity contribution is 0.108. The Labute approximate surface area is 170 Å². The average Bonchev–Trinajstić information content (AvgIpc) is 3.51. The molecular weight excluding hydrogens is 350 g/mol. The first-order valence-electron chi connectivity index (χ1n) is 11.7. The Kier molecular flexibility index (Phi) is 6.52. The normalized spacial score (nSPS) is 22.8. The maximum Gasteiger partial charge on any atom is 0.197 e. The largest absolute Gasteiger partial charge is 0.494 e. The van der Waals surface area contributed by atoms with Gasteiger partial charge in [-0.25, -0.2) is 0 Å². The maximum absolute atomic E-state index is 10.6. The molecule has 1 aromatic rings. The molecule has 5 heteroatoms. The number of nitrogens with zero attached hydrogens (tertiary/aromatic N) is 3. The van der Waals surface area contributed by atoms with Crippen LogP contribution in [-0.4, -0.2) is 63.8 Å². The standard InChI is InChI=1S/C23H39N3O2/c1-18-21(16-19-8-9-19)23(28)26(22(18)27)11-5-10-24-12-14-25(15-13-24)17-20-6-3-2-4-7-20/h19-20,27-28H,2-17H2,1H3. The van der Waals surface area contributed by atoms with Crippen molar-refractivity contribution >= 4 is 0 Å². The summed E-state index contributed by atoms with van der Waals surface area (Å²) in [5, 5.41) is 21.0. The molecule has 28 heavy (non-hydrogen) atoms. The third-order valence-electron chi connectivity index (χ3n) is 7.32. The highest BCUT2D eigenvalue weighted by molar-refractivity contribution is 5.44. The first-order chi connectivity index (χ1) is 13.6. The lowest BCUT2D eigenvalue weighted by Crippen LogP contribution is -2.48. The third-order valence-corrected chi connectivity index (χ3v) is 7.32. The van der Waals surface area contributed by atoms with Gasteiger partial charge in [-0.05, 0) is 63.8 Å². The minimum atomic E-state index is 0.269. The molecule has 0 aromatic carbocycles. The molecule has 0 amide bonds. The zero-order valence-corrected chi connectivity index (χ0v) is 17.7. The second kappa shape index (κ2) is 9.08. The molecule has 5 nitrogen and oxygen atoms in total. The predicted octanol–water partition coefficient (Wildman–Crippen LogP) is 3.75. The van der Waals surface area contributed by atoms with Crippen LogP contribution in [0.25, 0.3) is 0 Å². The van der Waals surface area contributed by atoms with Gasteiger partial charge in [-0.2, -0.15) is 0 Å². The Hall–Kier alpha value is -1.20. The minimum absolute atomic E-state index is 0.269. The Bertz CT molecular complexity index is 639. The summed E-state index contributed by atoms with van der Waals surface area (Å²) in [6, 6.07) is 0. The van der Waals surface area contributed by atoms with Crippen molar-refractivity contribution in [1.29, 1.82) is 0 Å². The molecule has 158 valence electrons. The van der Waals surface area contributed by atoms with E-state index in [1.54, 1.807) is 4.57 Å². The topological polar surface area (TPSA) is 51.9 Å². The van der Waals surface area contributed by atoms with Crippen molar-refractivity contribution in [1.82, 2.24) is 14.4 Å². The molecule has 4 rings (SSSR count). The van der Waals surface area contributed by atoms with E-state index in [9.17, 15) is 10.2 Å². The van der Waals surface area contributed by atoms with E-state index in [1.807, 2.05) is 6.92 Å². The van der Waals surface area contributed by atoms with Crippen LogP contribution < -0.4 is 0 Å². The van der Waals surface area contributed by atoms with Crippen LogP contribution in [0, 0.1) is 18.8 Å². The van der Waals surface area contributed by atoms with Gasteiger partial charge in [-0.3, -0.25) is 4.57 Å². The van der Waals surface area contributed by atoms with E-state index >= 15 is 0 Å². The van der Waals surface area contributed by atoms with Crippen LogP contribution in [0.2, 0.25) is 0 Å². The molecule has 3 aliphatic rings. The summed E-state index contributed by atoms with van der Waals surface area (Å²) in [6.45, 7) is 9.70. The second-order valence-electron chi connectivity index (χ2n) is 9.55. The Morgan fingerprint density at radius 1 is 0.786 bits per heavy atom. The highest BCUT2D eigenvalue weighted by atomic mass is 16.3. The fourth-order valence-corrected chi connectivity index (χ4v) is 5.22. The summed E-state index contributed by atoms with van der Waals surface area (Å²) in [6.07, 6.45) is 11.6. The lowest BCUT2D eigenvalue weighted by Gasteiger charge is -2.37. The molecule has 0 atom stereocenters. The number of piperazine rings is 1. The Morgan fingerprint density at radius 2 is 1.46 bits per heavy atom. The van der Waals surface area contributed by atoms with Crippen molar-refractivity contribution in [2.75, 3.05) is 39.3 Å². The van der Waals surface area contributed by atoms with Crippen LogP contribution >= 0.6 is 0 Å². The second-order valence-corrected chi connectivity index (χ2v) is 9.55. The quantitative estimate of drug-likeness (QED) is 0.711. The molecule has 1 aromatic heterocycles. The monoisotopic (exact) mass is 389 g/mol. The SMILES string of the molecule is Cc1c(CC2CC2)c(O)n(CCCN2CCN(CC3CCCCC3)CC2)c1O. The number of hydrogen-bond donors (Lipinski definition) is 2. The molecule has 0 bridgehead atoms. The van der Waals surface area contributed by atoms with Crippen LogP contribution in [0.3, 0.4) is 0 Å². The van der Waals surface area contributed by atoms with Crippen LogP contribution in [0.4, 0.5) is 0 Å². The van der Waals surface area contributed by atoms with Crippen LogP contribution in [-0.2, 0) is 13.0 Å². The first kappa shape index (κ1) is 20.1. The number of aromatic hydroxyl groups is 2. The molecule has 3 fully saturated rings. The zero-order chi connectivity index (χ0) is 19.5. The minimum Gasteiger partial charge on any atom is -0.494 e. The van der Waals surface area contributed by atoms with Gasteiger partial charge in [-0.15, -0.1) is 0 Å². The fraction of sp³-hybridized carbons (Fsp3) is 0.826. The summed E-state index contributed by atoms with van der Waals surface area (Å²) in [7, 11) is 0. The van der Waals surface area contributed by atoms with E-state index < -0.39 is 0 Å². The van der Waals surface area contributed by atoms with E-state index in [4.69, 9.17) is 0 Å². The highest BCUT2D eigenvalue weighted by Crippen LogP contribution is 2.40. The van der Waals surface area contributed by atoms with Crippen molar-refractivity contribution < 1.29 is 10.2 Å². The predicted molar refractivity (Wildman–Crippen MR) is 113 cm³/mol. The highest BCUT2D eigenvalue weighted by Gasteiger charge is 2.28. The smallest absolute Gasteiger partial charge is 0.197 e. The van der Waals surface area contributed by atoms with Gasteiger partial charge in [0.1, 0.15) is 0 Å². The van der Waals surface area contributed by atoms with Gasteiger partial charge in [0.2, 0.25) is 0 Å². The van der Waals surface area contributed by atoms with Gasteiger partial charge in [0.05, 0.1) is 0 Å². The van der Waals surface area contributed by atoms with Gasteiger partial charge < -0.3 is 20.0 Å². The fourth-order valence-electron chi connectivity index (χ4n) is 5.22. The Morgan fingerprint density at radius 3 is 2.14 bits per heavy atom. The average molecular weight is 390 g/mol. The van der Waals surface area contributed by atoms with E-state index in [1.165, 1.54) is 64.6 Å². The van der Waals surface area contributed by atoms with Gasteiger partial charge in [0.25, 0.3) is 0 Å². The van der Waals surface area contributed by atoms with Crippen molar-refractivity contribution in [2.24, 2.45) is 11.8 Å². The molecule has 0 unspecified atom stereocenters. The van der Waals surface area contributed by atoms with Gasteiger partial charge in [-0.1, -0.05) is 19.3 Å². The number of aromatic nitrogens is 1. The maximum atomic E-state index is 10.6. The molecule has 1 saturated heterocycles. The third kappa shape index (κ3) is 4.85. The van der Waals surface area contributed by atoms with Gasteiger partial charge in [0.15, 0.2) is 11.8 Å². The number of hydrogen-bond acceptors (Lipinski definition) is 4. The van der Waals surface area contributed by atoms with E-state index in [0.717, 1.165) is 49.5 Å². The summed E-state index contributed by atoms with van der Waals surface area (Å²) in [5.74, 6) is 2.22. The van der Waals surface area contributed by atoms with Crippen molar-refractivity contribution in [2.45, 2.75) is 71.3 Å². The van der Waals surface area contributed by atoms with Crippen LogP contribution in [0.15, 0.2) is 0 Å². The summed E-state index contributed by atoms with van der Waals surface area (Å²) in [5.41, 5.74) is 1.84. The molecule has 1 aliphatic heterocycles. The van der Waals surface area contributed by atoms with Crippen molar-refractivity contribution in [3.05, 3.63) is 11.1 Å². The molecular formula is C23H39N3O2. The zero-order valence-electron chi connectivity index (χ0n) is 17.7. The molecule has 2 N–H and O–H groups in total. The molecule has 2 heterocycles. The van der Waals surface area contributed by atoms with Crippen molar-refractivity contribution in [3.8, 4) is 11.8 Å². The summed E-state index contributed by atoms with van der Waals surface area (Å²) >= 11 is 0. The van der Waals surface area contributed by atoms with E-state index in [-0.39, 0.29) is 5.88 Å². The van der Waals surface area contributed by atoms with Crippen LogP contribution in [0.5, 0.6) is 11.8 Å². The van der Waals surface area contributed by atoms with E-state index in [0.29, 0.717) is 18.3 Å². The van der Waals surface area contributed by atoms with Gasteiger partial charge >= 0.3 is 0 Å². The molecule has 2 saturated carbocycles. The van der Waals surface area contributed by atoms with E-state index in [2.05, 4.69) is 9.80 Å². The summed E-state index contributed by atoms with van der Waals surface area (Å²) < 4.78 is 1.73. The van der Waals surface area contributed by atoms with Crippen LogP contribution in [0.1, 0.15) is 62.5 Å². The lowest BCUT2D eigenvalue weighted by atomic mass is 9.89. The molecule has 0 radical (unpaired) electrons. The number of rotatable bonds is 8. The summed E-state index contributed by atoms with van der Waals surface area (Å²) in [4.78, 5) is 5.22. The Balaban J connectivity index is 1.20. The molecule has 0 spiro atoms. The first-order valence-corrected chi connectivity index (χ1v) is 11.7. The van der Waals surface area contributed by atoms with Crippen molar-refractivity contribution in [3.63, 3.8) is 0 Å².